The minimum Gasteiger partial charge on any atom is -0.375 e. The van der Waals surface area contributed by atoms with E-state index in [4.69, 9.17) is 34.7 Å². The van der Waals surface area contributed by atoms with Crippen molar-refractivity contribution >= 4 is 45.4 Å². The maximum absolute atomic E-state index is 6.00. The first-order valence-corrected chi connectivity index (χ1v) is 8.81. The molecule has 0 saturated heterocycles. The van der Waals surface area contributed by atoms with Crippen LogP contribution in [0.25, 0.3) is 10.8 Å². The van der Waals surface area contributed by atoms with Crippen molar-refractivity contribution in [3.05, 3.63) is 82.9 Å². The molecule has 0 bridgehead atoms. The highest BCUT2D eigenvalue weighted by Crippen LogP contribution is 2.33. The number of hydrogen-bond acceptors (Lipinski definition) is 2. The maximum atomic E-state index is 6.00. The molecular formula is C20H16ClN3S. The number of rotatable bonds is 2. The second kappa shape index (κ2) is 6.47. The highest BCUT2D eigenvalue weighted by molar-refractivity contribution is 7.80. The van der Waals surface area contributed by atoms with E-state index >= 15 is 0 Å². The average Bonchev–Trinajstić information content (AvgIpc) is 3.07. The van der Waals surface area contributed by atoms with Crippen LogP contribution in [0.15, 0.2) is 71.8 Å². The van der Waals surface area contributed by atoms with E-state index in [0.29, 0.717) is 5.02 Å². The summed E-state index contributed by atoms with van der Waals surface area (Å²) in [7, 11) is 0. The molecule has 0 spiro atoms. The first-order chi connectivity index (χ1) is 12.1. The molecule has 3 nitrogen and oxygen atoms in total. The van der Waals surface area contributed by atoms with Gasteiger partial charge in [-0.1, -0.05) is 60.1 Å². The maximum Gasteiger partial charge on any atom is 0.187 e. The van der Waals surface area contributed by atoms with E-state index in [0.717, 1.165) is 23.3 Å². The molecule has 5 heteroatoms. The summed E-state index contributed by atoms with van der Waals surface area (Å²) < 4.78 is 0. The Morgan fingerprint density at radius 3 is 2.48 bits per heavy atom. The van der Waals surface area contributed by atoms with Crippen molar-refractivity contribution in [1.82, 2.24) is 5.01 Å². The molecule has 1 aliphatic heterocycles. The molecule has 1 heterocycles. The summed E-state index contributed by atoms with van der Waals surface area (Å²) in [5.74, 6) is 0. The van der Waals surface area contributed by atoms with Crippen LogP contribution in [0.4, 0.5) is 0 Å². The number of nitrogens with zero attached hydrogens (tertiary/aromatic N) is 2. The number of thiocarbonyl (C=S) groups is 1. The van der Waals surface area contributed by atoms with Crippen molar-refractivity contribution in [2.24, 2.45) is 10.8 Å². The SMILES string of the molecule is NC(=S)N1N=C(c2ccc3ccccc3c2)CC1c1ccc(Cl)cc1. The van der Waals surface area contributed by atoms with Crippen LogP contribution in [-0.2, 0) is 0 Å². The van der Waals surface area contributed by atoms with Crippen LogP contribution in [0.5, 0.6) is 0 Å². The number of hydrogen-bond donors (Lipinski definition) is 1. The number of halogens is 1. The van der Waals surface area contributed by atoms with Crippen LogP contribution in [0.3, 0.4) is 0 Å². The van der Waals surface area contributed by atoms with E-state index < -0.39 is 0 Å². The zero-order valence-electron chi connectivity index (χ0n) is 13.4. The summed E-state index contributed by atoms with van der Waals surface area (Å²) in [5.41, 5.74) is 9.08. The van der Waals surface area contributed by atoms with Gasteiger partial charge in [0.05, 0.1) is 11.8 Å². The third kappa shape index (κ3) is 3.11. The Morgan fingerprint density at radius 1 is 1.04 bits per heavy atom. The zero-order chi connectivity index (χ0) is 17.4. The van der Waals surface area contributed by atoms with Crippen LogP contribution in [0.2, 0.25) is 5.02 Å². The second-order valence-corrected chi connectivity index (χ2v) is 6.92. The molecule has 3 aromatic rings. The molecule has 3 aromatic carbocycles. The fraction of sp³-hybridized carbons (Fsp3) is 0.100. The normalized spacial score (nSPS) is 16.9. The molecule has 0 radical (unpaired) electrons. The monoisotopic (exact) mass is 365 g/mol. The average molecular weight is 366 g/mol. The second-order valence-electron chi connectivity index (χ2n) is 6.06. The number of benzene rings is 3. The fourth-order valence-electron chi connectivity index (χ4n) is 3.20. The minimum absolute atomic E-state index is 0.00348. The van der Waals surface area contributed by atoms with E-state index in [-0.39, 0.29) is 11.2 Å². The largest absolute Gasteiger partial charge is 0.375 e. The van der Waals surface area contributed by atoms with Crippen LogP contribution in [0.1, 0.15) is 23.6 Å². The molecule has 0 aromatic heterocycles. The quantitative estimate of drug-likeness (QED) is 0.657. The Hall–Kier alpha value is -2.43. The van der Waals surface area contributed by atoms with Gasteiger partial charge in [0.25, 0.3) is 0 Å². The van der Waals surface area contributed by atoms with Crippen molar-refractivity contribution in [1.29, 1.82) is 0 Å². The van der Waals surface area contributed by atoms with Crippen LogP contribution >= 0.6 is 23.8 Å². The Balaban J connectivity index is 1.71. The van der Waals surface area contributed by atoms with Gasteiger partial charge in [0.15, 0.2) is 5.11 Å². The highest BCUT2D eigenvalue weighted by Gasteiger charge is 2.30. The molecule has 1 unspecified atom stereocenters. The predicted molar refractivity (Wildman–Crippen MR) is 108 cm³/mol. The summed E-state index contributed by atoms with van der Waals surface area (Å²) in [6, 6.07) is 22.4. The number of nitrogens with two attached hydrogens (primary N) is 1. The molecular weight excluding hydrogens is 350 g/mol. The zero-order valence-corrected chi connectivity index (χ0v) is 15.0. The van der Waals surface area contributed by atoms with Gasteiger partial charge in [-0.15, -0.1) is 0 Å². The van der Waals surface area contributed by atoms with Crippen molar-refractivity contribution in [2.75, 3.05) is 0 Å². The smallest absolute Gasteiger partial charge is 0.187 e. The van der Waals surface area contributed by atoms with E-state index in [9.17, 15) is 0 Å². The van der Waals surface area contributed by atoms with Gasteiger partial charge in [-0.25, -0.2) is 5.01 Å². The fourth-order valence-corrected chi connectivity index (χ4v) is 3.50. The van der Waals surface area contributed by atoms with Crippen molar-refractivity contribution < 1.29 is 0 Å². The molecule has 0 saturated carbocycles. The van der Waals surface area contributed by atoms with Gasteiger partial charge in [0, 0.05) is 11.4 Å². The van der Waals surface area contributed by atoms with Gasteiger partial charge >= 0.3 is 0 Å². The Morgan fingerprint density at radius 2 is 1.76 bits per heavy atom. The van der Waals surface area contributed by atoms with Gasteiger partial charge < -0.3 is 5.73 Å². The summed E-state index contributed by atoms with van der Waals surface area (Å²) in [4.78, 5) is 0. The lowest BCUT2D eigenvalue weighted by molar-refractivity contribution is 0.373. The van der Waals surface area contributed by atoms with Crippen molar-refractivity contribution in [3.63, 3.8) is 0 Å². The molecule has 0 aliphatic carbocycles. The lowest BCUT2D eigenvalue weighted by Crippen LogP contribution is -2.31. The first kappa shape index (κ1) is 16.1. The van der Waals surface area contributed by atoms with Crippen molar-refractivity contribution in [3.8, 4) is 0 Å². The van der Waals surface area contributed by atoms with Gasteiger partial charge in [-0.05, 0) is 52.3 Å². The summed E-state index contributed by atoms with van der Waals surface area (Å²) in [6.07, 6.45) is 0.747. The van der Waals surface area contributed by atoms with Crippen LogP contribution in [-0.4, -0.2) is 15.8 Å². The minimum atomic E-state index is -0.00348. The Labute approximate surface area is 156 Å². The van der Waals surface area contributed by atoms with E-state index in [1.54, 1.807) is 5.01 Å². The Bertz CT molecular complexity index is 982. The summed E-state index contributed by atoms with van der Waals surface area (Å²) >= 11 is 11.2. The van der Waals surface area contributed by atoms with E-state index in [1.165, 1.54) is 10.8 Å². The topological polar surface area (TPSA) is 41.6 Å². The molecule has 25 heavy (non-hydrogen) atoms. The number of hydrazone groups is 1. The summed E-state index contributed by atoms with van der Waals surface area (Å²) in [6.45, 7) is 0. The molecule has 2 N–H and O–H groups in total. The van der Waals surface area contributed by atoms with Crippen molar-refractivity contribution in [2.45, 2.75) is 12.5 Å². The third-order valence-electron chi connectivity index (χ3n) is 4.47. The van der Waals surface area contributed by atoms with Gasteiger partial charge in [0.1, 0.15) is 0 Å². The number of fused-ring (bicyclic) bond motifs is 1. The van der Waals surface area contributed by atoms with Gasteiger partial charge in [-0.3, -0.25) is 0 Å². The molecule has 1 aliphatic rings. The molecule has 0 fully saturated rings. The van der Waals surface area contributed by atoms with Gasteiger partial charge in [-0.2, -0.15) is 5.10 Å². The lowest BCUT2D eigenvalue weighted by atomic mass is 9.97. The van der Waals surface area contributed by atoms with Crippen LogP contribution in [0, 0.1) is 0 Å². The highest BCUT2D eigenvalue weighted by atomic mass is 35.5. The Kier molecular flexibility index (Phi) is 4.15. The molecule has 0 amide bonds. The lowest BCUT2D eigenvalue weighted by Gasteiger charge is -2.21. The van der Waals surface area contributed by atoms with Gasteiger partial charge in [0.2, 0.25) is 0 Å². The van der Waals surface area contributed by atoms with E-state index in [1.807, 2.05) is 36.4 Å². The first-order valence-electron chi connectivity index (χ1n) is 8.02. The molecule has 1 atom stereocenters. The summed E-state index contributed by atoms with van der Waals surface area (Å²) in [5, 5.41) is 9.81. The predicted octanol–water partition coefficient (Wildman–Crippen LogP) is 4.89. The van der Waals surface area contributed by atoms with Crippen LogP contribution < -0.4 is 5.73 Å². The third-order valence-corrected chi connectivity index (χ3v) is 4.91. The standard InChI is InChI=1S/C20H16ClN3S/c21-17-9-7-14(8-10-17)19-12-18(23-24(19)20(22)25)16-6-5-13-3-1-2-4-15(13)11-16/h1-11,19H,12H2,(H2,22,25). The van der Waals surface area contributed by atoms with E-state index in [2.05, 4.69) is 30.3 Å². The molecule has 4 rings (SSSR count). The molecule has 124 valence electrons.